The minimum Gasteiger partial charge on any atom is -0.493 e. The maximum atomic E-state index is 12.0. The van der Waals surface area contributed by atoms with Gasteiger partial charge in [-0.2, -0.15) is 0 Å². The smallest absolute Gasteiger partial charge is 0.246 e. The number of nitrogens with zero attached hydrogens (tertiary/aromatic N) is 1. The fourth-order valence-corrected chi connectivity index (χ4v) is 2.00. The van der Waals surface area contributed by atoms with Gasteiger partial charge in [-0.25, -0.2) is 0 Å². The summed E-state index contributed by atoms with van der Waals surface area (Å²) in [7, 11) is 3.42. The predicted molar refractivity (Wildman–Crippen MR) is 85.7 cm³/mol. The first-order valence-electron chi connectivity index (χ1n) is 7.22. The lowest BCUT2D eigenvalue weighted by Gasteiger charge is -2.17. The topological polar surface area (TPSA) is 38.8 Å². The first kappa shape index (κ1) is 17.1. The van der Waals surface area contributed by atoms with E-state index >= 15 is 0 Å². The van der Waals surface area contributed by atoms with Gasteiger partial charge in [0.2, 0.25) is 5.91 Å². The zero-order valence-corrected chi connectivity index (χ0v) is 13.6. The van der Waals surface area contributed by atoms with E-state index in [0.29, 0.717) is 24.0 Å². The number of hydrogen-bond donors (Lipinski definition) is 0. The zero-order chi connectivity index (χ0) is 15.8. The van der Waals surface area contributed by atoms with Gasteiger partial charge >= 0.3 is 0 Å². The largest absolute Gasteiger partial charge is 0.493 e. The van der Waals surface area contributed by atoms with Crippen molar-refractivity contribution in [2.75, 3.05) is 27.3 Å². The molecule has 1 aromatic carbocycles. The third-order valence-corrected chi connectivity index (χ3v) is 2.92. The van der Waals surface area contributed by atoms with E-state index in [-0.39, 0.29) is 5.91 Å². The Kier molecular flexibility index (Phi) is 6.79. The fourth-order valence-electron chi connectivity index (χ4n) is 2.00. The quantitative estimate of drug-likeness (QED) is 0.724. The summed E-state index contributed by atoms with van der Waals surface area (Å²) in [4.78, 5) is 13.7. The Hall–Kier alpha value is -1.97. The van der Waals surface area contributed by atoms with Gasteiger partial charge in [-0.1, -0.05) is 19.9 Å². The highest BCUT2D eigenvalue weighted by Gasteiger charge is 2.07. The van der Waals surface area contributed by atoms with Crippen LogP contribution in [-0.4, -0.2) is 38.1 Å². The van der Waals surface area contributed by atoms with Gasteiger partial charge in [0.15, 0.2) is 11.5 Å². The number of benzene rings is 1. The molecule has 0 fully saturated rings. The summed E-state index contributed by atoms with van der Waals surface area (Å²) in [6.07, 6.45) is 3.38. The van der Waals surface area contributed by atoms with E-state index in [0.717, 1.165) is 12.1 Å². The van der Waals surface area contributed by atoms with Gasteiger partial charge in [-0.3, -0.25) is 4.79 Å². The van der Waals surface area contributed by atoms with Crippen LogP contribution in [-0.2, 0) is 4.79 Å². The lowest BCUT2D eigenvalue weighted by Crippen LogP contribution is -2.28. The van der Waals surface area contributed by atoms with Crippen LogP contribution < -0.4 is 9.47 Å². The van der Waals surface area contributed by atoms with Crippen molar-refractivity contribution in [3.05, 3.63) is 29.8 Å². The molecule has 0 aliphatic heterocycles. The van der Waals surface area contributed by atoms with Crippen LogP contribution in [0, 0.1) is 5.92 Å². The molecule has 0 heterocycles. The van der Waals surface area contributed by atoms with Crippen LogP contribution in [0.15, 0.2) is 24.3 Å². The molecule has 0 bridgehead atoms. The van der Waals surface area contributed by atoms with Crippen molar-refractivity contribution in [3.8, 4) is 11.5 Å². The number of likely N-dealkylation sites (N-methyl/N-ethyl adjacent to an activating group) is 1. The maximum absolute atomic E-state index is 12.0. The standard InChI is InChI=1S/C17H25NO3/c1-6-21-16-11-14(7-9-15(16)20-5)8-10-17(19)18(4)12-13(2)3/h7-11,13H,6,12H2,1-5H3/b10-8+. The highest BCUT2D eigenvalue weighted by Crippen LogP contribution is 2.28. The molecule has 116 valence electrons. The first-order valence-corrected chi connectivity index (χ1v) is 7.22. The van der Waals surface area contributed by atoms with E-state index in [2.05, 4.69) is 13.8 Å². The molecule has 0 unspecified atom stereocenters. The van der Waals surface area contributed by atoms with Crippen molar-refractivity contribution in [1.82, 2.24) is 4.90 Å². The monoisotopic (exact) mass is 291 g/mol. The van der Waals surface area contributed by atoms with Gasteiger partial charge in [0.05, 0.1) is 13.7 Å². The minimum absolute atomic E-state index is 0.00234. The SMILES string of the molecule is CCOc1cc(/C=C/C(=O)N(C)CC(C)C)ccc1OC. The van der Waals surface area contributed by atoms with E-state index in [1.807, 2.05) is 32.2 Å². The maximum Gasteiger partial charge on any atom is 0.246 e. The van der Waals surface area contributed by atoms with Crippen molar-refractivity contribution in [1.29, 1.82) is 0 Å². The van der Waals surface area contributed by atoms with Gasteiger partial charge in [0, 0.05) is 19.7 Å². The van der Waals surface area contributed by atoms with Crippen molar-refractivity contribution < 1.29 is 14.3 Å². The Morgan fingerprint density at radius 1 is 1.33 bits per heavy atom. The molecule has 0 aliphatic carbocycles. The molecule has 1 rings (SSSR count). The molecule has 0 saturated carbocycles. The molecule has 0 saturated heterocycles. The third kappa shape index (κ3) is 5.50. The van der Waals surface area contributed by atoms with Crippen molar-refractivity contribution in [2.45, 2.75) is 20.8 Å². The number of amides is 1. The molecule has 21 heavy (non-hydrogen) atoms. The summed E-state index contributed by atoms with van der Waals surface area (Å²) in [6.45, 7) is 7.42. The average molecular weight is 291 g/mol. The zero-order valence-electron chi connectivity index (χ0n) is 13.6. The van der Waals surface area contributed by atoms with Gasteiger partial charge in [0.25, 0.3) is 0 Å². The van der Waals surface area contributed by atoms with E-state index in [4.69, 9.17) is 9.47 Å². The summed E-state index contributed by atoms with van der Waals surface area (Å²) in [5.41, 5.74) is 0.908. The summed E-state index contributed by atoms with van der Waals surface area (Å²) in [6, 6.07) is 5.61. The summed E-state index contributed by atoms with van der Waals surface area (Å²) in [5, 5.41) is 0. The van der Waals surface area contributed by atoms with E-state index in [1.54, 1.807) is 24.2 Å². The van der Waals surface area contributed by atoms with E-state index < -0.39 is 0 Å². The molecule has 0 N–H and O–H groups in total. The van der Waals surface area contributed by atoms with Crippen LogP contribution in [0.3, 0.4) is 0 Å². The molecular formula is C17H25NO3. The average Bonchev–Trinajstić information content (AvgIpc) is 2.44. The molecule has 1 amide bonds. The van der Waals surface area contributed by atoms with Crippen molar-refractivity contribution >= 4 is 12.0 Å². The number of carbonyl (C=O) groups is 1. The highest BCUT2D eigenvalue weighted by molar-refractivity contribution is 5.91. The van der Waals surface area contributed by atoms with Gasteiger partial charge in [0.1, 0.15) is 0 Å². The first-order chi connectivity index (χ1) is 9.97. The van der Waals surface area contributed by atoms with E-state index in [9.17, 15) is 4.79 Å². The van der Waals surface area contributed by atoms with Crippen molar-refractivity contribution in [3.63, 3.8) is 0 Å². The Morgan fingerprint density at radius 3 is 2.62 bits per heavy atom. The number of hydrogen-bond acceptors (Lipinski definition) is 3. The van der Waals surface area contributed by atoms with Crippen LogP contribution in [0.25, 0.3) is 6.08 Å². The minimum atomic E-state index is -0.00234. The van der Waals surface area contributed by atoms with Crippen LogP contribution >= 0.6 is 0 Å². The molecule has 4 nitrogen and oxygen atoms in total. The lowest BCUT2D eigenvalue weighted by molar-refractivity contribution is -0.125. The number of rotatable bonds is 7. The molecule has 0 spiro atoms. The lowest BCUT2D eigenvalue weighted by atomic mass is 10.1. The van der Waals surface area contributed by atoms with Gasteiger partial charge in [-0.15, -0.1) is 0 Å². The summed E-state index contributed by atoms with van der Waals surface area (Å²) >= 11 is 0. The number of methoxy groups -OCH3 is 1. The second-order valence-electron chi connectivity index (χ2n) is 5.29. The summed E-state index contributed by atoms with van der Waals surface area (Å²) in [5.74, 6) is 1.83. The van der Waals surface area contributed by atoms with E-state index in [1.165, 1.54) is 0 Å². The number of carbonyl (C=O) groups excluding carboxylic acids is 1. The predicted octanol–water partition coefficient (Wildman–Crippen LogP) is 3.22. The normalized spacial score (nSPS) is 11.0. The fraction of sp³-hybridized carbons (Fsp3) is 0.471. The number of ether oxygens (including phenoxy) is 2. The van der Waals surface area contributed by atoms with Crippen LogP contribution in [0.5, 0.6) is 11.5 Å². The second kappa shape index (κ2) is 8.35. The van der Waals surface area contributed by atoms with Crippen LogP contribution in [0.2, 0.25) is 0 Å². The molecule has 1 aromatic rings. The highest BCUT2D eigenvalue weighted by atomic mass is 16.5. The molecule has 0 atom stereocenters. The van der Waals surface area contributed by atoms with Gasteiger partial charge < -0.3 is 14.4 Å². The second-order valence-corrected chi connectivity index (χ2v) is 5.29. The van der Waals surface area contributed by atoms with Crippen molar-refractivity contribution in [2.24, 2.45) is 5.92 Å². The Balaban J connectivity index is 2.80. The Morgan fingerprint density at radius 2 is 2.05 bits per heavy atom. The third-order valence-electron chi connectivity index (χ3n) is 2.92. The van der Waals surface area contributed by atoms with Crippen LogP contribution in [0.4, 0.5) is 0 Å². The molecule has 0 aromatic heterocycles. The Labute approximate surface area is 127 Å². The molecular weight excluding hydrogens is 266 g/mol. The molecule has 4 heteroatoms. The molecule has 0 aliphatic rings. The van der Waals surface area contributed by atoms with Crippen LogP contribution in [0.1, 0.15) is 26.3 Å². The summed E-state index contributed by atoms with van der Waals surface area (Å²) < 4.78 is 10.8. The Bertz CT molecular complexity index is 495. The van der Waals surface area contributed by atoms with Gasteiger partial charge in [-0.05, 0) is 36.6 Å². The molecule has 0 radical (unpaired) electrons.